The van der Waals surface area contributed by atoms with E-state index >= 15 is 0 Å². The van der Waals surface area contributed by atoms with Crippen LogP contribution < -0.4 is 10.1 Å². The second-order valence-corrected chi connectivity index (χ2v) is 6.66. The molecule has 6 nitrogen and oxygen atoms in total. The summed E-state index contributed by atoms with van der Waals surface area (Å²) in [5.41, 5.74) is 5.76. The lowest BCUT2D eigenvalue weighted by atomic mass is 10.1. The van der Waals surface area contributed by atoms with E-state index in [1.54, 1.807) is 36.2 Å². The van der Waals surface area contributed by atoms with Crippen molar-refractivity contribution in [2.24, 2.45) is 0 Å². The van der Waals surface area contributed by atoms with Crippen LogP contribution in [0.25, 0.3) is 16.7 Å². The maximum Gasteiger partial charge on any atom is 0.255 e. The van der Waals surface area contributed by atoms with E-state index in [1.165, 1.54) is 5.56 Å². The number of aryl methyl sites for hydroxylation is 2. The monoisotopic (exact) mass is 372 g/mol. The van der Waals surface area contributed by atoms with E-state index in [-0.39, 0.29) is 5.91 Å². The average Bonchev–Trinajstić information content (AvgIpc) is 3.11. The van der Waals surface area contributed by atoms with Crippen LogP contribution in [-0.2, 0) is 0 Å². The topological polar surface area (TPSA) is 69.0 Å². The number of ether oxygens (including phenoxy) is 1. The van der Waals surface area contributed by atoms with Crippen molar-refractivity contribution in [3.05, 3.63) is 77.4 Å². The van der Waals surface area contributed by atoms with E-state index in [0.717, 1.165) is 22.3 Å². The minimum absolute atomic E-state index is 0.184. The molecule has 1 N–H and O–H groups in total. The highest BCUT2D eigenvalue weighted by Gasteiger charge is 2.12. The Kier molecular flexibility index (Phi) is 4.53. The Balaban J connectivity index is 1.62. The highest BCUT2D eigenvalue weighted by atomic mass is 16.5. The summed E-state index contributed by atoms with van der Waals surface area (Å²) in [5.74, 6) is 0.526. The van der Waals surface area contributed by atoms with E-state index in [4.69, 9.17) is 4.74 Å². The summed E-state index contributed by atoms with van der Waals surface area (Å²) in [7, 11) is 1.59. The number of carbonyl (C=O) groups is 1. The highest BCUT2D eigenvalue weighted by Crippen LogP contribution is 2.23. The lowest BCUT2D eigenvalue weighted by Crippen LogP contribution is -2.12. The smallest absolute Gasteiger partial charge is 0.255 e. The third-order valence-electron chi connectivity index (χ3n) is 4.59. The van der Waals surface area contributed by atoms with E-state index < -0.39 is 0 Å². The zero-order valence-corrected chi connectivity index (χ0v) is 15.9. The van der Waals surface area contributed by atoms with Crippen LogP contribution in [0.15, 0.2) is 60.7 Å². The molecule has 0 saturated heterocycles. The third-order valence-corrected chi connectivity index (χ3v) is 4.59. The predicted molar refractivity (Wildman–Crippen MR) is 109 cm³/mol. The molecule has 0 aliphatic rings. The van der Waals surface area contributed by atoms with E-state index in [2.05, 4.69) is 15.5 Å². The van der Waals surface area contributed by atoms with Gasteiger partial charge >= 0.3 is 0 Å². The molecule has 1 heterocycles. The van der Waals surface area contributed by atoms with Crippen molar-refractivity contribution >= 4 is 22.6 Å². The van der Waals surface area contributed by atoms with Crippen molar-refractivity contribution in [2.75, 3.05) is 12.4 Å². The van der Waals surface area contributed by atoms with Gasteiger partial charge in [0.05, 0.1) is 12.8 Å². The zero-order chi connectivity index (χ0) is 19.7. The Morgan fingerprint density at radius 3 is 2.21 bits per heavy atom. The molecule has 0 unspecified atom stereocenters. The number of fused-ring (bicyclic) bond motifs is 1. The molecule has 0 radical (unpaired) electrons. The highest BCUT2D eigenvalue weighted by molar-refractivity contribution is 6.05. The molecular weight excluding hydrogens is 352 g/mol. The molecule has 4 aromatic rings. The van der Waals surface area contributed by atoms with E-state index in [9.17, 15) is 4.79 Å². The standard InChI is InChI=1S/C22H20N4O2/c1-14-4-8-17(9-5-14)26-24-20-12-15(2)19(13-21(20)25-26)23-22(27)16-6-10-18(28-3)11-7-16/h4-13H,1-3H3,(H,23,27). The number of nitrogens with zero attached hydrogens (tertiary/aromatic N) is 3. The Morgan fingerprint density at radius 2 is 1.57 bits per heavy atom. The fourth-order valence-corrected chi connectivity index (χ4v) is 2.93. The Morgan fingerprint density at radius 1 is 0.929 bits per heavy atom. The van der Waals surface area contributed by atoms with Crippen molar-refractivity contribution in [1.82, 2.24) is 15.0 Å². The number of aromatic nitrogens is 3. The van der Waals surface area contributed by atoms with Gasteiger partial charge in [-0.2, -0.15) is 4.80 Å². The lowest BCUT2D eigenvalue weighted by molar-refractivity contribution is 0.102. The number of benzene rings is 3. The van der Waals surface area contributed by atoms with Gasteiger partial charge in [0.15, 0.2) is 0 Å². The summed E-state index contributed by atoms with van der Waals surface area (Å²) < 4.78 is 5.13. The van der Waals surface area contributed by atoms with Gasteiger partial charge in [0.2, 0.25) is 0 Å². The van der Waals surface area contributed by atoms with Gasteiger partial charge in [0, 0.05) is 11.3 Å². The van der Waals surface area contributed by atoms with Crippen molar-refractivity contribution in [3.8, 4) is 11.4 Å². The number of nitrogens with one attached hydrogen (secondary N) is 1. The van der Waals surface area contributed by atoms with Crippen molar-refractivity contribution in [2.45, 2.75) is 13.8 Å². The van der Waals surface area contributed by atoms with Gasteiger partial charge in [-0.05, 0) is 67.9 Å². The fourth-order valence-electron chi connectivity index (χ4n) is 2.93. The number of anilines is 1. The molecule has 1 amide bonds. The van der Waals surface area contributed by atoms with Gasteiger partial charge in [-0.15, -0.1) is 10.2 Å². The molecule has 0 bridgehead atoms. The quantitative estimate of drug-likeness (QED) is 0.580. The predicted octanol–water partition coefficient (Wildman–Crippen LogP) is 4.30. The van der Waals surface area contributed by atoms with Gasteiger partial charge in [0.25, 0.3) is 5.91 Å². The van der Waals surface area contributed by atoms with Crippen LogP contribution in [0.2, 0.25) is 0 Å². The number of hydrogen-bond acceptors (Lipinski definition) is 4. The summed E-state index contributed by atoms with van der Waals surface area (Å²) in [6.07, 6.45) is 0. The first-order valence-electron chi connectivity index (χ1n) is 8.93. The molecule has 0 saturated carbocycles. The van der Waals surface area contributed by atoms with Crippen LogP contribution in [-0.4, -0.2) is 28.0 Å². The first-order valence-corrected chi connectivity index (χ1v) is 8.93. The first-order chi connectivity index (χ1) is 13.5. The number of carbonyl (C=O) groups excluding carboxylic acids is 1. The molecule has 4 rings (SSSR count). The van der Waals surface area contributed by atoms with Crippen LogP contribution in [0.3, 0.4) is 0 Å². The SMILES string of the molecule is COc1ccc(C(=O)Nc2cc3nn(-c4ccc(C)cc4)nc3cc2C)cc1. The number of rotatable bonds is 4. The van der Waals surface area contributed by atoms with Crippen LogP contribution in [0, 0.1) is 13.8 Å². The molecule has 0 atom stereocenters. The number of amides is 1. The normalized spacial score (nSPS) is 10.8. The molecular formula is C22H20N4O2. The van der Waals surface area contributed by atoms with Gasteiger partial charge in [-0.3, -0.25) is 4.79 Å². The van der Waals surface area contributed by atoms with Crippen LogP contribution in [0.5, 0.6) is 5.75 Å². The van der Waals surface area contributed by atoms with E-state index in [0.29, 0.717) is 17.0 Å². The van der Waals surface area contributed by atoms with Crippen molar-refractivity contribution in [3.63, 3.8) is 0 Å². The number of methoxy groups -OCH3 is 1. The lowest BCUT2D eigenvalue weighted by Gasteiger charge is -2.08. The zero-order valence-electron chi connectivity index (χ0n) is 15.9. The molecule has 3 aromatic carbocycles. The fraction of sp³-hybridized carbons (Fsp3) is 0.136. The second-order valence-electron chi connectivity index (χ2n) is 6.66. The molecule has 140 valence electrons. The van der Waals surface area contributed by atoms with Crippen LogP contribution in [0.4, 0.5) is 5.69 Å². The molecule has 28 heavy (non-hydrogen) atoms. The Labute approximate surface area is 162 Å². The minimum Gasteiger partial charge on any atom is -0.497 e. The largest absolute Gasteiger partial charge is 0.497 e. The van der Waals surface area contributed by atoms with Gasteiger partial charge in [-0.25, -0.2) is 0 Å². The summed E-state index contributed by atoms with van der Waals surface area (Å²) in [4.78, 5) is 14.2. The molecule has 0 aliphatic heterocycles. The van der Waals surface area contributed by atoms with Gasteiger partial charge in [-0.1, -0.05) is 17.7 Å². The molecule has 0 fully saturated rings. The summed E-state index contributed by atoms with van der Waals surface area (Å²) >= 11 is 0. The maximum atomic E-state index is 12.6. The maximum absolute atomic E-state index is 12.6. The van der Waals surface area contributed by atoms with Crippen molar-refractivity contribution < 1.29 is 9.53 Å². The summed E-state index contributed by atoms with van der Waals surface area (Å²) in [6, 6.07) is 18.8. The van der Waals surface area contributed by atoms with Crippen LogP contribution in [0.1, 0.15) is 21.5 Å². The third kappa shape index (κ3) is 3.44. The van der Waals surface area contributed by atoms with Gasteiger partial charge in [0.1, 0.15) is 16.8 Å². The van der Waals surface area contributed by atoms with Crippen LogP contribution >= 0.6 is 0 Å². The first kappa shape index (κ1) is 17.7. The van der Waals surface area contributed by atoms with Gasteiger partial charge < -0.3 is 10.1 Å². The molecule has 6 heteroatoms. The molecule has 0 spiro atoms. The second kappa shape index (κ2) is 7.15. The Bertz CT molecular complexity index is 1150. The average molecular weight is 372 g/mol. The Hall–Kier alpha value is -3.67. The summed E-state index contributed by atoms with van der Waals surface area (Å²) in [6.45, 7) is 3.98. The molecule has 0 aliphatic carbocycles. The van der Waals surface area contributed by atoms with Crippen molar-refractivity contribution in [1.29, 1.82) is 0 Å². The van der Waals surface area contributed by atoms with E-state index in [1.807, 2.05) is 50.2 Å². The number of hydrogen-bond donors (Lipinski definition) is 1. The summed E-state index contributed by atoms with van der Waals surface area (Å²) in [5, 5.41) is 12.1. The molecule has 1 aromatic heterocycles. The minimum atomic E-state index is -0.184.